The lowest BCUT2D eigenvalue weighted by molar-refractivity contribution is 0.171. The highest BCUT2D eigenvalue weighted by Crippen LogP contribution is 2.19. The molecular formula is C20H31N3O2. The number of methoxy groups -OCH3 is 1. The van der Waals surface area contributed by atoms with Gasteiger partial charge >= 0.3 is 6.03 Å². The van der Waals surface area contributed by atoms with Gasteiger partial charge in [0.2, 0.25) is 0 Å². The van der Waals surface area contributed by atoms with E-state index in [9.17, 15) is 4.79 Å². The molecule has 0 radical (unpaired) electrons. The minimum atomic E-state index is -0.187. The SMILES string of the molecule is CC.COCCN(C)C1=C(NC(=O)NCc2ccccc2)C=CCC1. The van der Waals surface area contributed by atoms with Crippen molar-refractivity contribution in [2.24, 2.45) is 0 Å². The van der Waals surface area contributed by atoms with Crippen LogP contribution in [0.4, 0.5) is 4.79 Å². The van der Waals surface area contributed by atoms with Crippen LogP contribution in [0.1, 0.15) is 32.3 Å². The van der Waals surface area contributed by atoms with Crippen molar-refractivity contribution in [2.45, 2.75) is 33.2 Å². The van der Waals surface area contributed by atoms with Crippen molar-refractivity contribution < 1.29 is 9.53 Å². The Bertz CT molecular complexity index is 568. The van der Waals surface area contributed by atoms with E-state index in [0.29, 0.717) is 13.2 Å². The molecule has 0 bridgehead atoms. The number of amides is 2. The molecule has 0 atom stereocenters. The van der Waals surface area contributed by atoms with Crippen LogP contribution in [-0.4, -0.2) is 38.2 Å². The molecule has 2 amide bonds. The quantitative estimate of drug-likeness (QED) is 0.793. The summed E-state index contributed by atoms with van der Waals surface area (Å²) in [6, 6.07) is 9.68. The molecule has 2 N–H and O–H groups in total. The fraction of sp³-hybridized carbons (Fsp3) is 0.450. The Kier molecular flexibility index (Phi) is 10.1. The van der Waals surface area contributed by atoms with Gasteiger partial charge in [0.1, 0.15) is 0 Å². The molecule has 0 saturated heterocycles. The highest BCUT2D eigenvalue weighted by Gasteiger charge is 2.14. The first-order chi connectivity index (χ1) is 12.2. The smallest absolute Gasteiger partial charge is 0.319 e. The van der Waals surface area contributed by atoms with Gasteiger partial charge in [-0.05, 0) is 24.5 Å². The predicted octanol–water partition coefficient (Wildman–Crippen LogP) is 3.65. The number of nitrogens with zero attached hydrogens (tertiary/aromatic N) is 1. The first-order valence-electron chi connectivity index (χ1n) is 8.89. The molecule has 1 aliphatic rings. The zero-order valence-electron chi connectivity index (χ0n) is 15.8. The molecule has 0 aliphatic heterocycles. The zero-order chi connectivity index (χ0) is 18.5. The summed E-state index contributed by atoms with van der Waals surface area (Å²) in [6.07, 6.45) is 5.97. The standard InChI is InChI=1S/C18H25N3O2.C2H6/c1-21(12-13-23-2)17-11-7-6-10-16(17)20-18(22)19-14-15-8-4-3-5-9-15;1-2/h3-6,8-10H,7,11-14H2,1-2H3,(H2,19,20,22);1-2H3. The Morgan fingerprint density at radius 3 is 2.64 bits per heavy atom. The van der Waals surface area contributed by atoms with E-state index >= 15 is 0 Å². The number of allylic oxidation sites excluding steroid dienone is 3. The van der Waals surface area contributed by atoms with Crippen LogP contribution in [0.5, 0.6) is 0 Å². The molecule has 2 rings (SSSR count). The monoisotopic (exact) mass is 345 g/mol. The first-order valence-corrected chi connectivity index (χ1v) is 8.89. The molecule has 1 aromatic carbocycles. The summed E-state index contributed by atoms with van der Waals surface area (Å²) in [5.41, 5.74) is 3.08. The third-order valence-corrected chi connectivity index (χ3v) is 3.78. The van der Waals surface area contributed by atoms with Gasteiger partial charge in [-0.15, -0.1) is 0 Å². The second-order valence-electron chi connectivity index (χ2n) is 5.51. The van der Waals surface area contributed by atoms with Gasteiger partial charge in [0.05, 0.1) is 12.3 Å². The van der Waals surface area contributed by atoms with Crippen molar-refractivity contribution in [3.05, 3.63) is 59.4 Å². The minimum absolute atomic E-state index is 0.187. The molecule has 25 heavy (non-hydrogen) atoms. The van der Waals surface area contributed by atoms with E-state index < -0.39 is 0 Å². The van der Waals surface area contributed by atoms with Crippen LogP contribution in [0, 0.1) is 0 Å². The maximum absolute atomic E-state index is 12.1. The number of ether oxygens (including phenoxy) is 1. The van der Waals surface area contributed by atoms with Gasteiger partial charge < -0.3 is 20.3 Å². The lowest BCUT2D eigenvalue weighted by atomic mass is 10.1. The van der Waals surface area contributed by atoms with Crippen molar-refractivity contribution in [1.29, 1.82) is 0 Å². The van der Waals surface area contributed by atoms with Crippen molar-refractivity contribution in [3.8, 4) is 0 Å². The minimum Gasteiger partial charge on any atom is -0.383 e. The van der Waals surface area contributed by atoms with Gasteiger partial charge in [-0.2, -0.15) is 0 Å². The zero-order valence-corrected chi connectivity index (χ0v) is 15.8. The molecule has 138 valence electrons. The summed E-state index contributed by atoms with van der Waals surface area (Å²) in [6.45, 7) is 5.98. The summed E-state index contributed by atoms with van der Waals surface area (Å²) in [5, 5.41) is 5.84. The predicted molar refractivity (Wildman–Crippen MR) is 103 cm³/mol. The van der Waals surface area contributed by atoms with Gasteiger partial charge in [-0.3, -0.25) is 0 Å². The van der Waals surface area contributed by atoms with E-state index in [2.05, 4.69) is 21.6 Å². The van der Waals surface area contributed by atoms with Crippen molar-refractivity contribution >= 4 is 6.03 Å². The summed E-state index contributed by atoms with van der Waals surface area (Å²) in [5.74, 6) is 0. The maximum Gasteiger partial charge on any atom is 0.319 e. The van der Waals surface area contributed by atoms with E-state index in [4.69, 9.17) is 4.74 Å². The molecule has 0 aromatic heterocycles. The molecule has 1 aliphatic carbocycles. The second kappa shape index (κ2) is 12.1. The number of rotatable bonds is 7. The average molecular weight is 345 g/mol. The van der Waals surface area contributed by atoms with Crippen LogP contribution in [0.25, 0.3) is 0 Å². The van der Waals surface area contributed by atoms with E-state index in [0.717, 1.165) is 36.3 Å². The molecule has 1 aromatic rings. The number of carbonyl (C=O) groups excluding carboxylic acids is 1. The van der Waals surface area contributed by atoms with E-state index in [1.54, 1.807) is 7.11 Å². The summed E-state index contributed by atoms with van der Waals surface area (Å²) < 4.78 is 5.13. The third-order valence-electron chi connectivity index (χ3n) is 3.78. The van der Waals surface area contributed by atoms with Crippen LogP contribution >= 0.6 is 0 Å². The Morgan fingerprint density at radius 1 is 1.24 bits per heavy atom. The first kappa shape index (κ1) is 20.8. The summed E-state index contributed by atoms with van der Waals surface area (Å²) >= 11 is 0. The number of likely N-dealkylation sites (N-methyl/N-ethyl adjacent to an activating group) is 1. The molecule has 0 unspecified atom stereocenters. The number of hydrogen-bond donors (Lipinski definition) is 2. The molecule has 0 fully saturated rings. The van der Waals surface area contributed by atoms with Gasteiger partial charge in [0.25, 0.3) is 0 Å². The number of urea groups is 1. The molecule has 5 nitrogen and oxygen atoms in total. The Balaban J connectivity index is 0.00000151. The number of carbonyl (C=O) groups is 1. The van der Waals surface area contributed by atoms with Crippen molar-refractivity contribution in [2.75, 3.05) is 27.3 Å². The largest absolute Gasteiger partial charge is 0.383 e. The number of hydrogen-bond acceptors (Lipinski definition) is 3. The van der Waals surface area contributed by atoms with Crippen LogP contribution in [0.3, 0.4) is 0 Å². The fourth-order valence-corrected chi connectivity index (χ4v) is 2.47. The molecule has 0 saturated carbocycles. The molecule has 0 spiro atoms. The van der Waals surface area contributed by atoms with E-state index in [1.165, 1.54) is 0 Å². The molecule has 5 heteroatoms. The van der Waals surface area contributed by atoms with Gasteiger partial charge in [0.15, 0.2) is 0 Å². The second-order valence-corrected chi connectivity index (χ2v) is 5.51. The van der Waals surface area contributed by atoms with Gasteiger partial charge in [-0.1, -0.05) is 50.3 Å². The van der Waals surface area contributed by atoms with Crippen LogP contribution in [0.15, 0.2) is 53.9 Å². The van der Waals surface area contributed by atoms with E-state index in [1.807, 2.05) is 57.3 Å². The number of nitrogens with one attached hydrogen (secondary N) is 2. The Morgan fingerprint density at radius 2 is 1.96 bits per heavy atom. The van der Waals surface area contributed by atoms with Crippen LogP contribution in [0.2, 0.25) is 0 Å². The maximum atomic E-state index is 12.1. The fourth-order valence-electron chi connectivity index (χ4n) is 2.47. The normalized spacial score (nSPS) is 13.0. The third kappa shape index (κ3) is 7.44. The highest BCUT2D eigenvalue weighted by atomic mass is 16.5. The van der Waals surface area contributed by atoms with E-state index in [-0.39, 0.29) is 6.03 Å². The van der Waals surface area contributed by atoms with Crippen LogP contribution in [-0.2, 0) is 11.3 Å². The van der Waals surface area contributed by atoms with Crippen LogP contribution < -0.4 is 10.6 Å². The average Bonchev–Trinajstić information content (AvgIpc) is 2.67. The summed E-state index contributed by atoms with van der Waals surface area (Å²) in [7, 11) is 3.72. The van der Waals surface area contributed by atoms with Crippen molar-refractivity contribution in [3.63, 3.8) is 0 Å². The Hall–Kier alpha value is -2.27. The highest BCUT2D eigenvalue weighted by molar-refractivity contribution is 5.76. The lowest BCUT2D eigenvalue weighted by Crippen LogP contribution is -2.37. The Labute approximate surface area is 151 Å². The summed E-state index contributed by atoms with van der Waals surface area (Å²) in [4.78, 5) is 14.3. The lowest BCUT2D eigenvalue weighted by Gasteiger charge is -2.27. The molecular weight excluding hydrogens is 314 g/mol. The number of benzene rings is 1. The van der Waals surface area contributed by atoms with Gasteiger partial charge in [0, 0.05) is 32.9 Å². The topological polar surface area (TPSA) is 53.6 Å². The van der Waals surface area contributed by atoms with Gasteiger partial charge in [-0.25, -0.2) is 4.79 Å². The molecule has 0 heterocycles. The van der Waals surface area contributed by atoms with Crippen molar-refractivity contribution in [1.82, 2.24) is 15.5 Å².